The summed E-state index contributed by atoms with van der Waals surface area (Å²) in [5.74, 6) is -0.507. The van der Waals surface area contributed by atoms with Crippen LogP contribution in [-0.4, -0.2) is 26.2 Å². The van der Waals surface area contributed by atoms with Gasteiger partial charge in [-0.3, -0.25) is 13.9 Å². The van der Waals surface area contributed by atoms with E-state index in [9.17, 15) is 14.4 Å². The van der Waals surface area contributed by atoms with Crippen LogP contribution in [0.4, 0.5) is 0 Å². The van der Waals surface area contributed by atoms with Gasteiger partial charge in [0.1, 0.15) is 11.8 Å². The second kappa shape index (κ2) is 5.98. The Bertz CT molecular complexity index is 875. The average Bonchev–Trinajstić information content (AvgIpc) is 2.58. The molecule has 7 nitrogen and oxygen atoms in total. The first kappa shape index (κ1) is 15.5. The molecule has 2 heterocycles. The Balaban J connectivity index is 1.98. The molecule has 2 aromatic rings. The summed E-state index contributed by atoms with van der Waals surface area (Å²) in [6.45, 7) is 0. The Hall–Kier alpha value is -2.44. The second-order valence-electron chi connectivity index (χ2n) is 5.94. The van der Waals surface area contributed by atoms with Crippen LogP contribution in [0.2, 0.25) is 0 Å². The van der Waals surface area contributed by atoms with Gasteiger partial charge in [-0.25, -0.2) is 14.6 Å². The third kappa shape index (κ3) is 2.78. The number of aryl methyl sites for hydroxylation is 1. The Morgan fingerprint density at radius 3 is 2.52 bits per heavy atom. The molecule has 0 amide bonds. The minimum absolute atomic E-state index is 0.0683. The predicted octanol–water partition coefficient (Wildman–Crippen LogP) is 1.12. The van der Waals surface area contributed by atoms with Crippen molar-refractivity contribution < 1.29 is 9.53 Å². The highest BCUT2D eigenvalue weighted by Crippen LogP contribution is 2.21. The van der Waals surface area contributed by atoms with Crippen LogP contribution in [0.25, 0.3) is 11.0 Å². The highest BCUT2D eigenvalue weighted by Gasteiger charge is 2.20. The molecule has 0 aromatic carbocycles. The van der Waals surface area contributed by atoms with E-state index >= 15 is 0 Å². The van der Waals surface area contributed by atoms with Crippen molar-refractivity contribution in [2.24, 2.45) is 14.1 Å². The number of ether oxygens (including phenoxy) is 1. The van der Waals surface area contributed by atoms with Crippen molar-refractivity contribution in [2.75, 3.05) is 0 Å². The van der Waals surface area contributed by atoms with Gasteiger partial charge < -0.3 is 4.74 Å². The quantitative estimate of drug-likeness (QED) is 0.775. The van der Waals surface area contributed by atoms with Gasteiger partial charge >= 0.3 is 11.7 Å². The van der Waals surface area contributed by atoms with Crippen molar-refractivity contribution in [3.63, 3.8) is 0 Å². The van der Waals surface area contributed by atoms with Crippen LogP contribution in [-0.2, 0) is 18.8 Å². The molecule has 2 aromatic heterocycles. The monoisotopic (exact) mass is 317 g/mol. The van der Waals surface area contributed by atoms with E-state index in [2.05, 4.69) is 4.98 Å². The lowest BCUT2D eigenvalue weighted by Crippen LogP contribution is -2.37. The van der Waals surface area contributed by atoms with Crippen LogP contribution in [0.5, 0.6) is 0 Å². The maximum Gasteiger partial charge on any atom is 0.357 e. The van der Waals surface area contributed by atoms with E-state index in [1.165, 1.54) is 37.2 Å². The van der Waals surface area contributed by atoms with Gasteiger partial charge in [-0.15, -0.1) is 0 Å². The van der Waals surface area contributed by atoms with E-state index in [0.717, 1.165) is 30.3 Å². The number of nitrogens with zero attached hydrogens (tertiary/aromatic N) is 3. The molecular formula is C16H19N3O4. The van der Waals surface area contributed by atoms with E-state index in [-0.39, 0.29) is 17.4 Å². The Morgan fingerprint density at radius 2 is 1.83 bits per heavy atom. The van der Waals surface area contributed by atoms with E-state index in [0.29, 0.717) is 5.39 Å². The number of hydrogen-bond acceptors (Lipinski definition) is 5. The fourth-order valence-corrected chi connectivity index (χ4v) is 2.96. The number of carbonyl (C=O) groups excluding carboxylic acids is 1. The summed E-state index contributed by atoms with van der Waals surface area (Å²) in [4.78, 5) is 40.5. The van der Waals surface area contributed by atoms with E-state index < -0.39 is 17.2 Å². The van der Waals surface area contributed by atoms with E-state index in [4.69, 9.17) is 4.74 Å². The van der Waals surface area contributed by atoms with Gasteiger partial charge in [0.25, 0.3) is 5.56 Å². The number of pyridine rings is 1. The van der Waals surface area contributed by atoms with Crippen molar-refractivity contribution in [3.8, 4) is 0 Å². The SMILES string of the molecule is Cn1c(=O)c2ccc(C(=O)OC3CCCCC3)nc2n(C)c1=O. The molecule has 0 radical (unpaired) electrons. The van der Waals surface area contributed by atoms with Crippen molar-refractivity contribution in [1.29, 1.82) is 0 Å². The van der Waals surface area contributed by atoms with Gasteiger partial charge in [-0.1, -0.05) is 6.42 Å². The van der Waals surface area contributed by atoms with Gasteiger partial charge in [0.15, 0.2) is 5.69 Å². The van der Waals surface area contributed by atoms with Crippen LogP contribution < -0.4 is 11.2 Å². The molecular weight excluding hydrogens is 298 g/mol. The lowest BCUT2D eigenvalue weighted by atomic mass is 9.98. The number of carbonyl (C=O) groups is 1. The molecule has 0 spiro atoms. The zero-order valence-electron chi connectivity index (χ0n) is 13.2. The number of fused-ring (bicyclic) bond motifs is 1. The topological polar surface area (TPSA) is 83.2 Å². The van der Waals surface area contributed by atoms with Crippen molar-refractivity contribution >= 4 is 17.0 Å². The summed E-state index contributed by atoms with van der Waals surface area (Å²) in [5.41, 5.74) is -0.599. The van der Waals surface area contributed by atoms with Gasteiger partial charge in [0.05, 0.1) is 5.39 Å². The molecule has 0 atom stereocenters. The first-order valence-corrected chi connectivity index (χ1v) is 7.77. The summed E-state index contributed by atoms with van der Waals surface area (Å²) in [6.07, 6.45) is 4.98. The summed E-state index contributed by atoms with van der Waals surface area (Å²) in [7, 11) is 2.93. The Kier molecular flexibility index (Phi) is 4.02. The lowest BCUT2D eigenvalue weighted by molar-refractivity contribution is 0.0205. The molecule has 3 rings (SSSR count). The van der Waals surface area contributed by atoms with Gasteiger partial charge in [0, 0.05) is 14.1 Å². The first-order chi connectivity index (χ1) is 11.0. The molecule has 1 saturated carbocycles. The molecule has 23 heavy (non-hydrogen) atoms. The zero-order valence-corrected chi connectivity index (χ0v) is 13.2. The molecule has 1 aliphatic carbocycles. The second-order valence-corrected chi connectivity index (χ2v) is 5.94. The Morgan fingerprint density at radius 1 is 1.13 bits per heavy atom. The molecule has 7 heteroatoms. The van der Waals surface area contributed by atoms with E-state index in [1.54, 1.807) is 0 Å². The molecule has 1 fully saturated rings. The standard InChI is InChI=1S/C16H19N3O4/c1-18-13-11(14(20)19(2)16(18)22)8-9-12(17-13)15(21)23-10-6-4-3-5-7-10/h8-10H,3-7H2,1-2H3. The van der Waals surface area contributed by atoms with Gasteiger partial charge in [-0.05, 0) is 37.8 Å². The minimum atomic E-state index is -0.507. The minimum Gasteiger partial charge on any atom is -0.458 e. The summed E-state index contributed by atoms with van der Waals surface area (Å²) in [6, 6.07) is 2.99. The molecule has 0 saturated heterocycles. The number of rotatable bonds is 2. The van der Waals surface area contributed by atoms with Crippen LogP contribution >= 0.6 is 0 Å². The fraction of sp³-hybridized carbons (Fsp3) is 0.500. The predicted molar refractivity (Wildman–Crippen MR) is 84.5 cm³/mol. The zero-order chi connectivity index (χ0) is 16.6. The lowest BCUT2D eigenvalue weighted by Gasteiger charge is -2.21. The smallest absolute Gasteiger partial charge is 0.357 e. The van der Waals surface area contributed by atoms with Gasteiger partial charge in [-0.2, -0.15) is 0 Å². The fourth-order valence-electron chi connectivity index (χ4n) is 2.96. The van der Waals surface area contributed by atoms with Gasteiger partial charge in [0.2, 0.25) is 0 Å². The molecule has 0 N–H and O–H groups in total. The molecule has 0 bridgehead atoms. The van der Waals surface area contributed by atoms with Crippen LogP contribution in [0.3, 0.4) is 0 Å². The van der Waals surface area contributed by atoms with Crippen LogP contribution in [0.15, 0.2) is 21.7 Å². The first-order valence-electron chi connectivity index (χ1n) is 7.77. The third-order valence-electron chi connectivity index (χ3n) is 4.34. The average molecular weight is 317 g/mol. The summed E-state index contributed by atoms with van der Waals surface area (Å²) in [5, 5.41) is 0.295. The van der Waals surface area contributed by atoms with Crippen molar-refractivity contribution in [2.45, 2.75) is 38.2 Å². The summed E-state index contributed by atoms with van der Waals surface area (Å²) < 4.78 is 7.75. The number of aromatic nitrogens is 3. The molecule has 1 aliphatic rings. The van der Waals surface area contributed by atoms with Crippen molar-refractivity contribution in [1.82, 2.24) is 14.1 Å². The largest absolute Gasteiger partial charge is 0.458 e. The third-order valence-corrected chi connectivity index (χ3v) is 4.34. The number of hydrogen-bond donors (Lipinski definition) is 0. The maximum atomic E-state index is 12.2. The molecule has 122 valence electrons. The summed E-state index contributed by atoms with van der Waals surface area (Å²) >= 11 is 0. The van der Waals surface area contributed by atoms with Crippen molar-refractivity contribution in [3.05, 3.63) is 38.7 Å². The molecule has 0 unspecified atom stereocenters. The highest BCUT2D eigenvalue weighted by molar-refractivity contribution is 5.90. The highest BCUT2D eigenvalue weighted by atomic mass is 16.5. The van der Waals surface area contributed by atoms with Crippen LogP contribution in [0, 0.1) is 0 Å². The Labute approximate surface area is 132 Å². The number of esters is 1. The van der Waals surface area contributed by atoms with Crippen LogP contribution in [0.1, 0.15) is 42.6 Å². The van der Waals surface area contributed by atoms with E-state index in [1.807, 2.05) is 0 Å². The molecule has 0 aliphatic heterocycles. The maximum absolute atomic E-state index is 12.2. The normalized spacial score (nSPS) is 15.7.